The Balaban J connectivity index is 2.14. The summed E-state index contributed by atoms with van der Waals surface area (Å²) < 4.78 is 4.92. The van der Waals surface area contributed by atoms with Crippen LogP contribution in [0.25, 0.3) is 0 Å². The predicted molar refractivity (Wildman–Crippen MR) is 122 cm³/mol. The first-order valence-electron chi connectivity index (χ1n) is 10.5. The summed E-state index contributed by atoms with van der Waals surface area (Å²) in [5.74, 6) is -0.763. The van der Waals surface area contributed by atoms with Crippen molar-refractivity contribution in [2.75, 3.05) is 13.2 Å². The van der Waals surface area contributed by atoms with Gasteiger partial charge >= 0.3 is 5.97 Å². The van der Waals surface area contributed by atoms with E-state index in [2.05, 4.69) is 0 Å². The van der Waals surface area contributed by atoms with Crippen LogP contribution in [0.2, 0.25) is 0 Å². The molecule has 1 heterocycles. The zero-order chi connectivity index (χ0) is 22.9. The Bertz CT molecular complexity index is 844. The summed E-state index contributed by atoms with van der Waals surface area (Å²) in [5.41, 5.74) is 0.478. The van der Waals surface area contributed by atoms with E-state index in [1.165, 1.54) is 0 Å². The third kappa shape index (κ3) is 8.17. The summed E-state index contributed by atoms with van der Waals surface area (Å²) in [6.45, 7) is 8.60. The molecule has 0 bridgehead atoms. The molecule has 2 rings (SSSR count). The lowest BCUT2D eigenvalue weighted by molar-refractivity contribution is -0.149. The van der Waals surface area contributed by atoms with E-state index in [-0.39, 0.29) is 37.8 Å². The standard InChI is InChI=1S/C24H32N2O4S/c1-5-30-23(29)14-13-21(27)26(24(2,3)4)18-22(28)25(17-20-12-9-15-31-20)16-19-10-7-6-8-11-19/h6-12,15H,5,13-14,16-18H2,1-4H3. The van der Waals surface area contributed by atoms with Crippen molar-refractivity contribution in [2.24, 2.45) is 0 Å². The largest absolute Gasteiger partial charge is 0.466 e. The Morgan fingerprint density at radius 1 is 0.935 bits per heavy atom. The molecule has 1 aromatic carbocycles. The Kier molecular flexibility index (Phi) is 9.24. The van der Waals surface area contributed by atoms with Gasteiger partial charge in [-0.05, 0) is 44.7 Å². The molecule has 168 valence electrons. The third-order valence-electron chi connectivity index (χ3n) is 4.75. The number of carbonyl (C=O) groups is 3. The lowest BCUT2D eigenvalue weighted by atomic mass is 10.0. The van der Waals surface area contributed by atoms with Crippen molar-refractivity contribution in [2.45, 2.75) is 59.2 Å². The van der Waals surface area contributed by atoms with E-state index in [9.17, 15) is 14.4 Å². The number of nitrogens with zero attached hydrogens (tertiary/aromatic N) is 2. The highest BCUT2D eigenvalue weighted by molar-refractivity contribution is 7.09. The van der Waals surface area contributed by atoms with Gasteiger partial charge in [-0.2, -0.15) is 0 Å². The second-order valence-corrected chi connectivity index (χ2v) is 9.30. The minimum absolute atomic E-state index is 0.0103. The second-order valence-electron chi connectivity index (χ2n) is 8.27. The fraction of sp³-hybridized carbons (Fsp3) is 0.458. The maximum absolute atomic E-state index is 13.3. The molecule has 2 aromatic rings. The fourth-order valence-electron chi connectivity index (χ4n) is 3.14. The monoisotopic (exact) mass is 444 g/mol. The molecular formula is C24H32N2O4S. The first-order chi connectivity index (χ1) is 14.7. The van der Waals surface area contributed by atoms with Crippen molar-refractivity contribution in [1.82, 2.24) is 9.80 Å². The molecule has 0 saturated carbocycles. The van der Waals surface area contributed by atoms with Crippen LogP contribution in [0.15, 0.2) is 47.8 Å². The van der Waals surface area contributed by atoms with Crippen LogP contribution in [0.5, 0.6) is 0 Å². The van der Waals surface area contributed by atoms with Gasteiger partial charge < -0.3 is 14.5 Å². The van der Waals surface area contributed by atoms with Gasteiger partial charge in [-0.25, -0.2) is 0 Å². The Morgan fingerprint density at radius 2 is 1.65 bits per heavy atom. The summed E-state index contributed by atoms with van der Waals surface area (Å²) >= 11 is 1.60. The Morgan fingerprint density at radius 3 is 2.23 bits per heavy atom. The van der Waals surface area contributed by atoms with Crippen molar-refractivity contribution in [3.63, 3.8) is 0 Å². The predicted octanol–water partition coefficient (Wildman–Crippen LogP) is 4.25. The van der Waals surface area contributed by atoms with Gasteiger partial charge in [0.1, 0.15) is 6.54 Å². The maximum atomic E-state index is 13.3. The van der Waals surface area contributed by atoms with Crippen molar-refractivity contribution in [3.05, 3.63) is 58.3 Å². The zero-order valence-corrected chi connectivity index (χ0v) is 19.6. The Labute approximate surface area is 188 Å². The van der Waals surface area contributed by atoms with Crippen LogP contribution in [0.3, 0.4) is 0 Å². The van der Waals surface area contributed by atoms with Crippen LogP contribution in [-0.2, 0) is 32.2 Å². The normalized spacial score (nSPS) is 11.1. The van der Waals surface area contributed by atoms with Crippen molar-refractivity contribution >= 4 is 29.1 Å². The van der Waals surface area contributed by atoms with Crippen LogP contribution < -0.4 is 0 Å². The van der Waals surface area contributed by atoms with Gasteiger partial charge in [-0.3, -0.25) is 14.4 Å². The molecule has 7 heteroatoms. The average molecular weight is 445 g/mol. The molecule has 6 nitrogen and oxygen atoms in total. The molecule has 0 unspecified atom stereocenters. The molecule has 0 radical (unpaired) electrons. The SMILES string of the molecule is CCOC(=O)CCC(=O)N(CC(=O)N(Cc1ccccc1)Cc1cccs1)C(C)(C)C. The average Bonchev–Trinajstić information content (AvgIpc) is 3.23. The van der Waals surface area contributed by atoms with Gasteiger partial charge in [-0.15, -0.1) is 11.3 Å². The van der Waals surface area contributed by atoms with Gasteiger partial charge in [0.2, 0.25) is 11.8 Å². The van der Waals surface area contributed by atoms with Crippen LogP contribution in [0.4, 0.5) is 0 Å². The highest BCUT2D eigenvalue weighted by Gasteiger charge is 2.30. The minimum Gasteiger partial charge on any atom is -0.466 e. The molecular weight excluding hydrogens is 412 g/mol. The van der Waals surface area contributed by atoms with E-state index in [0.29, 0.717) is 13.1 Å². The van der Waals surface area contributed by atoms with Crippen LogP contribution in [0, 0.1) is 0 Å². The molecule has 0 fully saturated rings. The number of carbonyl (C=O) groups excluding carboxylic acids is 3. The van der Waals surface area contributed by atoms with Crippen molar-refractivity contribution in [3.8, 4) is 0 Å². The number of amides is 2. The van der Waals surface area contributed by atoms with E-state index >= 15 is 0 Å². The molecule has 0 spiro atoms. The minimum atomic E-state index is -0.553. The van der Waals surface area contributed by atoms with Crippen molar-refractivity contribution < 1.29 is 19.1 Å². The number of hydrogen-bond donors (Lipinski definition) is 0. The summed E-state index contributed by atoms with van der Waals surface area (Å²) in [6, 6.07) is 13.8. The van der Waals surface area contributed by atoms with Crippen LogP contribution in [-0.4, -0.2) is 46.3 Å². The number of ether oxygens (including phenoxy) is 1. The lowest BCUT2D eigenvalue weighted by Gasteiger charge is -2.37. The smallest absolute Gasteiger partial charge is 0.306 e. The fourth-order valence-corrected chi connectivity index (χ4v) is 3.86. The van der Waals surface area contributed by atoms with E-state index in [1.807, 2.05) is 68.6 Å². The van der Waals surface area contributed by atoms with Gasteiger partial charge in [-0.1, -0.05) is 36.4 Å². The molecule has 0 N–H and O–H groups in total. The van der Waals surface area contributed by atoms with Gasteiger partial charge in [0, 0.05) is 23.4 Å². The van der Waals surface area contributed by atoms with Gasteiger partial charge in [0.15, 0.2) is 0 Å². The van der Waals surface area contributed by atoms with E-state index in [0.717, 1.165) is 10.4 Å². The van der Waals surface area contributed by atoms with E-state index in [1.54, 1.807) is 28.1 Å². The number of benzene rings is 1. The molecule has 1 aromatic heterocycles. The number of hydrogen-bond acceptors (Lipinski definition) is 5. The lowest BCUT2D eigenvalue weighted by Crippen LogP contribution is -2.51. The molecule has 0 aliphatic rings. The first-order valence-corrected chi connectivity index (χ1v) is 11.4. The molecule has 2 amide bonds. The summed E-state index contributed by atoms with van der Waals surface area (Å²) in [7, 11) is 0. The molecule has 0 aliphatic carbocycles. The number of esters is 1. The van der Waals surface area contributed by atoms with Gasteiger partial charge in [0.05, 0.1) is 19.6 Å². The molecule has 31 heavy (non-hydrogen) atoms. The zero-order valence-electron chi connectivity index (χ0n) is 18.8. The molecule has 0 saturated heterocycles. The Hall–Kier alpha value is -2.67. The second kappa shape index (κ2) is 11.6. The summed E-state index contributed by atoms with van der Waals surface area (Å²) in [4.78, 5) is 42.3. The molecule has 0 atom stereocenters. The number of thiophene rings is 1. The third-order valence-corrected chi connectivity index (χ3v) is 5.61. The quantitative estimate of drug-likeness (QED) is 0.514. The van der Waals surface area contributed by atoms with Crippen LogP contribution >= 0.6 is 11.3 Å². The van der Waals surface area contributed by atoms with E-state index < -0.39 is 11.5 Å². The highest BCUT2D eigenvalue weighted by Crippen LogP contribution is 2.19. The maximum Gasteiger partial charge on any atom is 0.306 e. The summed E-state index contributed by atoms with van der Waals surface area (Å²) in [6.07, 6.45) is 0.0311. The first kappa shape index (κ1) is 24.6. The van der Waals surface area contributed by atoms with Gasteiger partial charge in [0.25, 0.3) is 0 Å². The van der Waals surface area contributed by atoms with Crippen molar-refractivity contribution in [1.29, 1.82) is 0 Å². The summed E-state index contributed by atoms with van der Waals surface area (Å²) in [5, 5.41) is 1.99. The van der Waals surface area contributed by atoms with E-state index in [4.69, 9.17) is 4.74 Å². The number of rotatable bonds is 10. The highest BCUT2D eigenvalue weighted by atomic mass is 32.1. The molecule has 0 aliphatic heterocycles. The topological polar surface area (TPSA) is 66.9 Å². The van der Waals surface area contributed by atoms with Crippen LogP contribution in [0.1, 0.15) is 51.0 Å².